The van der Waals surface area contributed by atoms with Crippen molar-refractivity contribution in [1.82, 2.24) is 10.6 Å². The Kier molecular flexibility index (Phi) is 5.62. The monoisotopic (exact) mass is 287 g/mol. The summed E-state index contributed by atoms with van der Waals surface area (Å²) < 4.78 is 0. The molecular weight excluding hydrogens is 266 g/mol. The first-order valence-electron chi connectivity index (χ1n) is 6.84. The number of hydrogen-bond donors (Lipinski definition) is 2. The minimum Gasteiger partial charge on any atom is -0.356 e. The zero-order valence-electron chi connectivity index (χ0n) is 12.0. The van der Waals surface area contributed by atoms with Crippen LogP contribution in [-0.2, 0) is 6.42 Å². The van der Waals surface area contributed by atoms with Gasteiger partial charge in [0.15, 0.2) is 5.96 Å². The molecule has 0 saturated heterocycles. The number of nitrogens with one attached hydrogen (secondary N) is 2. The van der Waals surface area contributed by atoms with E-state index in [4.69, 9.17) is 0 Å². The van der Waals surface area contributed by atoms with Crippen molar-refractivity contribution in [3.63, 3.8) is 0 Å². The second-order valence-electron chi connectivity index (χ2n) is 4.61. The molecule has 0 amide bonds. The molecular formula is C16H21N3S. The number of hydrogen-bond acceptors (Lipinski definition) is 2. The van der Waals surface area contributed by atoms with Gasteiger partial charge < -0.3 is 10.6 Å². The van der Waals surface area contributed by atoms with Gasteiger partial charge in [-0.15, -0.1) is 11.3 Å². The molecule has 0 fully saturated rings. The summed E-state index contributed by atoms with van der Waals surface area (Å²) in [6.45, 7) is 3.03. The smallest absolute Gasteiger partial charge is 0.191 e. The summed E-state index contributed by atoms with van der Waals surface area (Å²) in [7, 11) is 1.80. The molecule has 0 aliphatic carbocycles. The minimum atomic E-state index is 0.240. The molecule has 0 radical (unpaired) electrons. The summed E-state index contributed by atoms with van der Waals surface area (Å²) in [5.41, 5.74) is 1.26. The van der Waals surface area contributed by atoms with E-state index >= 15 is 0 Å². The van der Waals surface area contributed by atoms with E-state index in [9.17, 15) is 0 Å². The molecule has 1 aromatic heterocycles. The lowest BCUT2D eigenvalue weighted by molar-refractivity contribution is 0.685. The fourth-order valence-corrected chi connectivity index (χ4v) is 2.69. The van der Waals surface area contributed by atoms with Crippen LogP contribution in [0.5, 0.6) is 0 Å². The van der Waals surface area contributed by atoms with Crippen LogP contribution < -0.4 is 10.6 Å². The largest absolute Gasteiger partial charge is 0.356 e. The SMILES string of the molecule is CN=C(NCCc1cccs1)N[C@@H](C)c1ccccc1. The molecule has 3 nitrogen and oxygen atoms in total. The fraction of sp³-hybridized carbons (Fsp3) is 0.312. The Bertz CT molecular complexity index is 520. The highest BCUT2D eigenvalue weighted by atomic mass is 32.1. The third-order valence-corrected chi connectivity index (χ3v) is 4.06. The van der Waals surface area contributed by atoms with Gasteiger partial charge in [0.25, 0.3) is 0 Å². The number of benzene rings is 1. The molecule has 2 rings (SSSR count). The number of thiophene rings is 1. The van der Waals surface area contributed by atoms with Crippen molar-refractivity contribution in [3.8, 4) is 0 Å². The highest BCUT2D eigenvalue weighted by Gasteiger charge is 2.06. The van der Waals surface area contributed by atoms with Gasteiger partial charge in [-0.3, -0.25) is 4.99 Å². The lowest BCUT2D eigenvalue weighted by Gasteiger charge is -2.18. The fourth-order valence-electron chi connectivity index (χ4n) is 1.98. The first-order chi connectivity index (χ1) is 9.79. The molecule has 0 aliphatic rings. The van der Waals surface area contributed by atoms with Crippen LogP contribution in [0.3, 0.4) is 0 Å². The predicted octanol–water partition coefficient (Wildman–Crippen LogP) is 3.22. The molecule has 0 bridgehead atoms. The zero-order valence-corrected chi connectivity index (χ0v) is 12.8. The van der Waals surface area contributed by atoms with Crippen molar-refractivity contribution in [2.45, 2.75) is 19.4 Å². The summed E-state index contributed by atoms with van der Waals surface area (Å²) in [6.07, 6.45) is 1.03. The van der Waals surface area contributed by atoms with Gasteiger partial charge >= 0.3 is 0 Å². The molecule has 0 aliphatic heterocycles. The maximum atomic E-state index is 4.27. The highest BCUT2D eigenvalue weighted by molar-refractivity contribution is 7.09. The Morgan fingerprint density at radius 1 is 1.20 bits per heavy atom. The van der Waals surface area contributed by atoms with Crippen molar-refractivity contribution < 1.29 is 0 Å². The first kappa shape index (κ1) is 14.6. The average Bonchev–Trinajstić information content (AvgIpc) is 3.00. The van der Waals surface area contributed by atoms with E-state index in [1.165, 1.54) is 10.4 Å². The van der Waals surface area contributed by atoms with Gasteiger partial charge in [0.2, 0.25) is 0 Å². The van der Waals surface area contributed by atoms with Gasteiger partial charge in [-0.25, -0.2) is 0 Å². The second-order valence-corrected chi connectivity index (χ2v) is 5.64. The van der Waals surface area contributed by atoms with E-state index in [1.807, 2.05) is 6.07 Å². The van der Waals surface area contributed by atoms with Gasteiger partial charge in [-0.1, -0.05) is 36.4 Å². The standard InChI is InChI=1S/C16H21N3S/c1-13(14-7-4-3-5-8-14)19-16(17-2)18-11-10-15-9-6-12-20-15/h3-9,12-13H,10-11H2,1-2H3,(H2,17,18,19)/t13-/m0/s1. The average molecular weight is 287 g/mol. The Morgan fingerprint density at radius 2 is 2.00 bits per heavy atom. The molecule has 0 unspecified atom stereocenters. The van der Waals surface area contributed by atoms with Crippen LogP contribution in [0.4, 0.5) is 0 Å². The van der Waals surface area contributed by atoms with Crippen molar-refractivity contribution >= 4 is 17.3 Å². The quantitative estimate of drug-likeness (QED) is 0.654. The van der Waals surface area contributed by atoms with Gasteiger partial charge in [0.1, 0.15) is 0 Å². The molecule has 0 spiro atoms. The van der Waals surface area contributed by atoms with Crippen LogP contribution >= 0.6 is 11.3 Å². The van der Waals surface area contributed by atoms with E-state index in [-0.39, 0.29) is 6.04 Å². The third kappa shape index (κ3) is 4.38. The van der Waals surface area contributed by atoms with Crippen molar-refractivity contribution in [2.24, 2.45) is 4.99 Å². The molecule has 0 saturated carbocycles. The second kappa shape index (κ2) is 7.70. The molecule has 2 aromatic rings. The first-order valence-corrected chi connectivity index (χ1v) is 7.72. The van der Waals surface area contributed by atoms with E-state index in [0.717, 1.165) is 18.9 Å². The molecule has 2 N–H and O–H groups in total. The van der Waals surface area contributed by atoms with Crippen LogP contribution in [0.1, 0.15) is 23.4 Å². The van der Waals surface area contributed by atoms with Crippen molar-refractivity contribution in [3.05, 3.63) is 58.3 Å². The predicted molar refractivity (Wildman–Crippen MR) is 87.4 cm³/mol. The summed E-state index contributed by atoms with van der Waals surface area (Å²) >= 11 is 1.79. The topological polar surface area (TPSA) is 36.4 Å². The lowest BCUT2D eigenvalue weighted by atomic mass is 10.1. The number of guanidine groups is 1. The van der Waals surface area contributed by atoms with Crippen molar-refractivity contribution in [2.75, 3.05) is 13.6 Å². The third-order valence-electron chi connectivity index (χ3n) is 3.12. The zero-order chi connectivity index (χ0) is 14.2. The summed E-state index contributed by atoms with van der Waals surface area (Å²) in [6, 6.07) is 14.9. The normalized spacial score (nSPS) is 13.0. The van der Waals surface area contributed by atoms with E-state index in [0.29, 0.717) is 0 Å². The van der Waals surface area contributed by atoms with E-state index in [1.54, 1.807) is 18.4 Å². The molecule has 1 heterocycles. The molecule has 1 atom stereocenters. The summed E-state index contributed by atoms with van der Waals surface area (Å²) in [5.74, 6) is 0.845. The maximum Gasteiger partial charge on any atom is 0.191 e. The van der Waals surface area contributed by atoms with Crippen LogP contribution in [0, 0.1) is 0 Å². The van der Waals surface area contributed by atoms with Gasteiger partial charge in [-0.2, -0.15) is 0 Å². The van der Waals surface area contributed by atoms with E-state index < -0.39 is 0 Å². The molecule has 106 valence electrons. The number of nitrogens with zero attached hydrogens (tertiary/aromatic N) is 1. The summed E-state index contributed by atoms with van der Waals surface area (Å²) in [4.78, 5) is 5.66. The Balaban J connectivity index is 1.80. The minimum absolute atomic E-state index is 0.240. The van der Waals surface area contributed by atoms with Crippen molar-refractivity contribution in [1.29, 1.82) is 0 Å². The van der Waals surface area contributed by atoms with Crippen LogP contribution in [0.15, 0.2) is 52.8 Å². The maximum absolute atomic E-state index is 4.27. The van der Waals surface area contributed by atoms with Crippen LogP contribution in [0.2, 0.25) is 0 Å². The molecule has 4 heteroatoms. The highest BCUT2D eigenvalue weighted by Crippen LogP contribution is 2.11. The number of aliphatic imine (C=N–C) groups is 1. The molecule has 1 aromatic carbocycles. The summed E-state index contributed by atoms with van der Waals surface area (Å²) in [5, 5.41) is 8.87. The van der Waals surface area contributed by atoms with Gasteiger partial charge in [0, 0.05) is 18.5 Å². The lowest BCUT2D eigenvalue weighted by Crippen LogP contribution is -2.39. The van der Waals surface area contributed by atoms with E-state index in [2.05, 4.69) is 64.3 Å². The molecule has 20 heavy (non-hydrogen) atoms. The Morgan fingerprint density at radius 3 is 2.65 bits per heavy atom. The van der Waals surface area contributed by atoms with Gasteiger partial charge in [0.05, 0.1) is 6.04 Å². The van der Waals surface area contributed by atoms with Crippen LogP contribution in [-0.4, -0.2) is 19.6 Å². The van der Waals surface area contributed by atoms with Gasteiger partial charge in [-0.05, 0) is 30.4 Å². The van der Waals surface area contributed by atoms with Crippen LogP contribution in [0.25, 0.3) is 0 Å². The number of rotatable bonds is 5. The Hall–Kier alpha value is -1.81. The Labute approximate surface area is 124 Å².